The highest BCUT2D eigenvalue weighted by molar-refractivity contribution is 5.96. The number of nitrogens with one attached hydrogen (secondary N) is 3. The van der Waals surface area contributed by atoms with Gasteiger partial charge in [-0.1, -0.05) is 19.1 Å². The van der Waals surface area contributed by atoms with Gasteiger partial charge in [0.15, 0.2) is 0 Å². The second-order valence-corrected chi connectivity index (χ2v) is 7.04. The number of carbonyl (C=O) groups is 1. The maximum atomic E-state index is 13.3. The summed E-state index contributed by atoms with van der Waals surface area (Å²) >= 11 is 0. The summed E-state index contributed by atoms with van der Waals surface area (Å²) in [5.41, 5.74) is 3.62. The fraction of sp³-hybridized carbons (Fsp3) is 0.286. The first-order valence-electron chi connectivity index (χ1n) is 9.00. The quantitative estimate of drug-likeness (QED) is 0.664. The van der Waals surface area contributed by atoms with E-state index in [-0.39, 0.29) is 17.6 Å². The Morgan fingerprint density at radius 2 is 2.00 bits per heavy atom. The monoisotopic (exact) mass is 351 g/mol. The first kappa shape index (κ1) is 16.8. The highest BCUT2D eigenvalue weighted by Gasteiger charge is 2.27. The van der Waals surface area contributed by atoms with Crippen molar-refractivity contribution in [1.82, 2.24) is 10.3 Å². The zero-order valence-electron chi connectivity index (χ0n) is 14.7. The number of halogens is 1. The Labute approximate surface area is 151 Å². The second-order valence-electron chi connectivity index (χ2n) is 7.04. The fourth-order valence-electron chi connectivity index (χ4n) is 3.71. The third kappa shape index (κ3) is 3.22. The lowest BCUT2D eigenvalue weighted by molar-refractivity contribution is -0.122. The molecule has 0 saturated carbocycles. The predicted molar refractivity (Wildman–Crippen MR) is 102 cm³/mol. The van der Waals surface area contributed by atoms with E-state index < -0.39 is 0 Å². The predicted octanol–water partition coefficient (Wildman–Crippen LogP) is 4.16. The minimum atomic E-state index is -0.254. The number of rotatable bonds is 3. The number of amides is 1. The lowest BCUT2D eigenvalue weighted by Gasteiger charge is -2.28. The van der Waals surface area contributed by atoms with E-state index in [1.54, 1.807) is 6.07 Å². The molecule has 2 atom stereocenters. The van der Waals surface area contributed by atoms with Gasteiger partial charge < -0.3 is 15.6 Å². The van der Waals surface area contributed by atoms with E-state index in [2.05, 4.69) is 22.5 Å². The molecule has 1 aliphatic heterocycles. The number of aromatic nitrogens is 1. The van der Waals surface area contributed by atoms with E-state index in [4.69, 9.17) is 0 Å². The minimum absolute atomic E-state index is 0.0550. The van der Waals surface area contributed by atoms with E-state index in [1.807, 2.05) is 30.5 Å². The first-order valence-corrected chi connectivity index (χ1v) is 9.00. The molecule has 4 nitrogen and oxygen atoms in total. The highest BCUT2D eigenvalue weighted by Crippen LogP contribution is 2.30. The molecule has 3 N–H and O–H groups in total. The number of hydrogen-bond acceptors (Lipinski definition) is 2. The van der Waals surface area contributed by atoms with Crippen LogP contribution < -0.4 is 10.6 Å². The average molecular weight is 351 g/mol. The van der Waals surface area contributed by atoms with Crippen molar-refractivity contribution >= 4 is 22.5 Å². The van der Waals surface area contributed by atoms with Crippen molar-refractivity contribution in [2.45, 2.75) is 13.3 Å². The molecule has 4 rings (SSSR count). The van der Waals surface area contributed by atoms with Crippen LogP contribution >= 0.6 is 0 Å². The van der Waals surface area contributed by atoms with Crippen molar-refractivity contribution in [3.8, 4) is 11.1 Å². The molecular formula is C21H22FN3O. The molecule has 5 heteroatoms. The first-order chi connectivity index (χ1) is 12.6. The Morgan fingerprint density at radius 1 is 1.19 bits per heavy atom. The van der Waals surface area contributed by atoms with Gasteiger partial charge in [0.25, 0.3) is 0 Å². The smallest absolute Gasteiger partial charge is 0.227 e. The van der Waals surface area contributed by atoms with Crippen LogP contribution in [-0.2, 0) is 4.79 Å². The standard InChI is InChI=1S/C21H22FN3O/c1-13-11-23-9-8-17(13)21(26)25-16-5-2-14(3-6-16)19-12-24-20-10-15(22)4-7-18(19)20/h2-7,10,12-13,17,23-24H,8-9,11H2,1H3,(H,25,26)/t13-,17+/m0/s1. The summed E-state index contributed by atoms with van der Waals surface area (Å²) in [6.45, 7) is 3.89. The minimum Gasteiger partial charge on any atom is -0.360 e. The molecule has 0 radical (unpaired) electrons. The van der Waals surface area contributed by atoms with Gasteiger partial charge in [-0.05, 0) is 61.3 Å². The largest absolute Gasteiger partial charge is 0.360 e. The molecule has 3 aromatic rings. The van der Waals surface area contributed by atoms with Gasteiger partial charge in [0.1, 0.15) is 5.82 Å². The molecule has 134 valence electrons. The van der Waals surface area contributed by atoms with Gasteiger partial charge in [0.05, 0.1) is 0 Å². The van der Waals surface area contributed by atoms with Crippen LogP contribution in [0.1, 0.15) is 13.3 Å². The van der Waals surface area contributed by atoms with E-state index >= 15 is 0 Å². The molecule has 0 unspecified atom stereocenters. The summed E-state index contributed by atoms with van der Waals surface area (Å²) in [6, 6.07) is 12.5. The normalized spacial score (nSPS) is 20.2. The molecule has 2 heterocycles. The van der Waals surface area contributed by atoms with Gasteiger partial charge in [0.2, 0.25) is 5.91 Å². The summed E-state index contributed by atoms with van der Waals surface area (Å²) in [6.07, 6.45) is 2.76. The maximum absolute atomic E-state index is 13.3. The van der Waals surface area contributed by atoms with E-state index in [9.17, 15) is 9.18 Å². The number of benzene rings is 2. The second kappa shape index (κ2) is 6.92. The third-order valence-corrected chi connectivity index (χ3v) is 5.23. The van der Waals surface area contributed by atoms with Gasteiger partial charge >= 0.3 is 0 Å². The van der Waals surface area contributed by atoms with Crippen molar-refractivity contribution < 1.29 is 9.18 Å². The Hall–Kier alpha value is -2.66. The SMILES string of the molecule is C[C@H]1CNCC[C@H]1C(=O)Nc1ccc(-c2c[nH]c3cc(F)ccc23)cc1. The molecule has 0 bridgehead atoms. The van der Waals surface area contributed by atoms with Crippen LogP contribution in [0.4, 0.5) is 10.1 Å². The Bertz CT molecular complexity index is 932. The fourth-order valence-corrected chi connectivity index (χ4v) is 3.71. The van der Waals surface area contributed by atoms with Crippen molar-refractivity contribution in [2.75, 3.05) is 18.4 Å². The van der Waals surface area contributed by atoms with Crippen LogP contribution in [0.25, 0.3) is 22.0 Å². The van der Waals surface area contributed by atoms with Crippen molar-refractivity contribution in [2.24, 2.45) is 11.8 Å². The molecular weight excluding hydrogens is 329 g/mol. The number of aromatic amines is 1. The summed E-state index contributed by atoms with van der Waals surface area (Å²) in [5.74, 6) is 0.236. The molecule has 0 aliphatic carbocycles. The molecule has 1 fully saturated rings. The summed E-state index contributed by atoms with van der Waals surface area (Å²) in [7, 11) is 0. The summed E-state index contributed by atoms with van der Waals surface area (Å²) in [4.78, 5) is 15.6. The van der Waals surface area contributed by atoms with Crippen molar-refractivity contribution in [3.05, 3.63) is 54.5 Å². The number of H-pyrrole nitrogens is 1. The Morgan fingerprint density at radius 3 is 2.77 bits per heavy atom. The van der Waals surface area contributed by atoms with E-state index in [1.165, 1.54) is 12.1 Å². The van der Waals surface area contributed by atoms with E-state index in [0.29, 0.717) is 5.92 Å². The van der Waals surface area contributed by atoms with Crippen LogP contribution in [0.5, 0.6) is 0 Å². The average Bonchev–Trinajstić information content (AvgIpc) is 3.05. The van der Waals surface area contributed by atoms with Gasteiger partial charge in [-0.15, -0.1) is 0 Å². The number of hydrogen-bond donors (Lipinski definition) is 3. The molecule has 1 aliphatic rings. The number of carbonyl (C=O) groups excluding carboxylic acids is 1. The van der Waals surface area contributed by atoms with E-state index in [0.717, 1.165) is 47.2 Å². The number of piperidine rings is 1. The highest BCUT2D eigenvalue weighted by atomic mass is 19.1. The Balaban J connectivity index is 1.52. The molecule has 1 saturated heterocycles. The number of anilines is 1. The van der Waals surface area contributed by atoms with Crippen LogP contribution in [0.3, 0.4) is 0 Å². The topological polar surface area (TPSA) is 56.9 Å². The van der Waals surface area contributed by atoms with Crippen molar-refractivity contribution in [1.29, 1.82) is 0 Å². The van der Waals surface area contributed by atoms with Crippen LogP contribution in [0, 0.1) is 17.7 Å². The van der Waals surface area contributed by atoms with Gasteiger partial charge in [-0.3, -0.25) is 4.79 Å². The van der Waals surface area contributed by atoms with Gasteiger partial charge in [0, 0.05) is 34.3 Å². The molecule has 2 aromatic carbocycles. The van der Waals surface area contributed by atoms with Gasteiger partial charge in [-0.2, -0.15) is 0 Å². The third-order valence-electron chi connectivity index (χ3n) is 5.23. The van der Waals surface area contributed by atoms with Gasteiger partial charge in [-0.25, -0.2) is 4.39 Å². The molecule has 26 heavy (non-hydrogen) atoms. The van der Waals surface area contributed by atoms with Crippen molar-refractivity contribution in [3.63, 3.8) is 0 Å². The molecule has 1 aromatic heterocycles. The van der Waals surface area contributed by atoms with Crippen LogP contribution in [0.15, 0.2) is 48.7 Å². The maximum Gasteiger partial charge on any atom is 0.227 e. The van der Waals surface area contributed by atoms with Crippen LogP contribution in [-0.4, -0.2) is 24.0 Å². The lowest BCUT2D eigenvalue weighted by atomic mass is 9.87. The summed E-state index contributed by atoms with van der Waals surface area (Å²) < 4.78 is 13.3. The Kier molecular flexibility index (Phi) is 4.47. The summed E-state index contributed by atoms with van der Waals surface area (Å²) in [5, 5.41) is 7.33. The zero-order valence-corrected chi connectivity index (χ0v) is 14.7. The zero-order chi connectivity index (χ0) is 18.1. The number of fused-ring (bicyclic) bond motifs is 1. The molecule has 0 spiro atoms. The van der Waals surface area contributed by atoms with Crippen LogP contribution in [0.2, 0.25) is 0 Å². The molecule has 1 amide bonds. The lowest BCUT2D eigenvalue weighted by Crippen LogP contribution is -2.40.